The summed E-state index contributed by atoms with van der Waals surface area (Å²) in [7, 11) is 0. The van der Waals surface area contributed by atoms with Crippen molar-refractivity contribution in [1.82, 2.24) is 10.6 Å². The van der Waals surface area contributed by atoms with Gasteiger partial charge in [-0.15, -0.1) is 0 Å². The molecule has 1 amide bonds. The van der Waals surface area contributed by atoms with Crippen LogP contribution in [-0.4, -0.2) is 11.0 Å². The molecule has 100 valence electrons. The molecule has 0 spiro atoms. The molecule has 0 bridgehead atoms. The Hall–Kier alpha value is -1.30. The number of carbonyl (C=O) groups excluding carboxylic acids is 1. The molecule has 0 aromatic heterocycles. The van der Waals surface area contributed by atoms with E-state index < -0.39 is 11.9 Å². The van der Waals surface area contributed by atoms with Crippen LogP contribution in [0.2, 0.25) is 10.0 Å². The van der Waals surface area contributed by atoms with Crippen LogP contribution in [0.1, 0.15) is 18.5 Å². The number of amides is 1. The van der Waals surface area contributed by atoms with Gasteiger partial charge in [0.1, 0.15) is 0 Å². The maximum Gasteiger partial charge on any atom is 0.248 e. The SMILES string of the molecule is CC1=C(C(N)=O)[C@@H](c2cccc(Cl)c2Cl)NC(=S)N1. The Bertz CT molecular complexity index is 601. The molecule has 1 aromatic carbocycles. The van der Waals surface area contributed by atoms with Crippen LogP contribution in [0, 0.1) is 0 Å². The minimum Gasteiger partial charge on any atom is -0.366 e. The molecule has 19 heavy (non-hydrogen) atoms. The fraction of sp³-hybridized carbons (Fsp3) is 0.167. The lowest BCUT2D eigenvalue weighted by molar-refractivity contribution is -0.115. The summed E-state index contributed by atoms with van der Waals surface area (Å²) in [6.07, 6.45) is 0. The number of primary amides is 1. The van der Waals surface area contributed by atoms with Crippen LogP contribution in [0.5, 0.6) is 0 Å². The molecule has 0 saturated heterocycles. The number of nitrogens with one attached hydrogen (secondary N) is 2. The van der Waals surface area contributed by atoms with Crippen LogP contribution in [0.3, 0.4) is 0 Å². The first-order valence-electron chi connectivity index (χ1n) is 5.43. The van der Waals surface area contributed by atoms with Crippen molar-refractivity contribution in [3.05, 3.63) is 45.1 Å². The van der Waals surface area contributed by atoms with E-state index >= 15 is 0 Å². The minimum atomic E-state index is -0.541. The molecule has 1 aromatic rings. The highest BCUT2D eigenvalue weighted by molar-refractivity contribution is 7.80. The van der Waals surface area contributed by atoms with Gasteiger partial charge in [0, 0.05) is 5.70 Å². The maximum absolute atomic E-state index is 11.6. The first-order valence-corrected chi connectivity index (χ1v) is 6.60. The first kappa shape index (κ1) is 14.1. The second kappa shape index (κ2) is 5.36. The number of halogens is 2. The average molecular weight is 316 g/mol. The molecule has 7 heteroatoms. The van der Waals surface area contributed by atoms with Crippen molar-refractivity contribution >= 4 is 46.4 Å². The standard InChI is InChI=1S/C12H11Cl2N3OS/c1-5-8(11(15)18)10(17-12(19)16-5)6-3-2-4-7(13)9(6)14/h2-4,10H,1H3,(H2,15,18)(H2,16,17,19)/t10-/m1/s1. The van der Waals surface area contributed by atoms with Gasteiger partial charge in [0.15, 0.2) is 5.11 Å². The lowest BCUT2D eigenvalue weighted by Gasteiger charge is -2.30. The number of benzene rings is 1. The monoisotopic (exact) mass is 315 g/mol. The van der Waals surface area contributed by atoms with E-state index in [4.69, 9.17) is 41.2 Å². The van der Waals surface area contributed by atoms with E-state index in [1.807, 2.05) is 0 Å². The maximum atomic E-state index is 11.6. The zero-order valence-corrected chi connectivity index (χ0v) is 12.3. The molecule has 0 saturated carbocycles. The molecular formula is C12H11Cl2N3OS. The number of hydrogen-bond acceptors (Lipinski definition) is 2. The highest BCUT2D eigenvalue weighted by atomic mass is 35.5. The van der Waals surface area contributed by atoms with Gasteiger partial charge < -0.3 is 16.4 Å². The molecule has 0 radical (unpaired) electrons. The third kappa shape index (κ3) is 2.68. The number of rotatable bonds is 2. The zero-order chi connectivity index (χ0) is 14.2. The van der Waals surface area contributed by atoms with Crippen LogP contribution >= 0.6 is 35.4 Å². The Balaban J connectivity index is 2.58. The number of thiocarbonyl (C=S) groups is 1. The quantitative estimate of drug-likeness (QED) is 0.732. The number of allylic oxidation sites excluding steroid dienone is 1. The highest BCUT2D eigenvalue weighted by Crippen LogP contribution is 2.34. The van der Waals surface area contributed by atoms with E-state index in [0.29, 0.717) is 32.0 Å². The van der Waals surface area contributed by atoms with Gasteiger partial charge in [-0.2, -0.15) is 0 Å². The lowest BCUT2D eigenvalue weighted by Crippen LogP contribution is -2.46. The second-order valence-electron chi connectivity index (χ2n) is 4.08. The molecule has 4 N–H and O–H groups in total. The van der Waals surface area contributed by atoms with E-state index in [0.717, 1.165) is 0 Å². The van der Waals surface area contributed by atoms with Gasteiger partial charge in [0.05, 0.1) is 21.7 Å². The van der Waals surface area contributed by atoms with E-state index in [-0.39, 0.29) is 0 Å². The van der Waals surface area contributed by atoms with Crippen molar-refractivity contribution in [1.29, 1.82) is 0 Å². The van der Waals surface area contributed by atoms with Crippen LogP contribution in [0.25, 0.3) is 0 Å². The molecule has 1 heterocycles. The molecule has 0 unspecified atom stereocenters. The fourth-order valence-corrected chi connectivity index (χ4v) is 2.69. The van der Waals surface area contributed by atoms with Gasteiger partial charge in [0.2, 0.25) is 5.91 Å². The number of carbonyl (C=O) groups is 1. The highest BCUT2D eigenvalue weighted by Gasteiger charge is 2.30. The lowest BCUT2D eigenvalue weighted by atomic mass is 9.95. The summed E-state index contributed by atoms with van der Waals surface area (Å²) >= 11 is 17.3. The van der Waals surface area contributed by atoms with Gasteiger partial charge in [-0.1, -0.05) is 35.3 Å². The molecule has 1 aliphatic rings. The van der Waals surface area contributed by atoms with Crippen molar-refractivity contribution in [2.45, 2.75) is 13.0 Å². The summed E-state index contributed by atoms with van der Waals surface area (Å²) in [4.78, 5) is 11.6. The minimum absolute atomic E-state index is 0.373. The Morgan fingerprint density at radius 1 is 1.42 bits per heavy atom. The van der Waals surface area contributed by atoms with Crippen LogP contribution < -0.4 is 16.4 Å². The largest absolute Gasteiger partial charge is 0.366 e. The van der Waals surface area contributed by atoms with E-state index in [9.17, 15) is 4.79 Å². The number of nitrogens with two attached hydrogens (primary N) is 1. The van der Waals surface area contributed by atoms with Crippen molar-refractivity contribution in [3.63, 3.8) is 0 Å². The molecule has 0 fully saturated rings. The van der Waals surface area contributed by atoms with Crippen molar-refractivity contribution in [2.75, 3.05) is 0 Å². The van der Waals surface area contributed by atoms with E-state index in [1.54, 1.807) is 25.1 Å². The fourth-order valence-electron chi connectivity index (χ4n) is 2.00. The van der Waals surface area contributed by atoms with Crippen LogP contribution in [0.15, 0.2) is 29.5 Å². The summed E-state index contributed by atoms with van der Waals surface area (Å²) < 4.78 is 0. The summed E-state index contributed by atoms with van der Waals surface area (Å²) in [6.45, 7) is 1.73. The Morgan fingerprint density at radius 3 is 2.74 bits per heavy atom. The van der Waals surface area contributed by atoms with Crippen molar-refractivity contribution in [2.24, 2.45) is 5.73 Å². The number of hydrogen-bond donors (Lipinski definition) is 3. The zero-order valence-electron chi connectivity index (χ0n) is 9.96. The summed E-state index contributed by atoms with van der Waals surface area (Å²) in [5.74, 6) is -0.541. The van der Waals surface area contributed by atoms with Gasteiger partial charge >= 0.3 is 0 Å². The smallest absolute Gasteiger partial charge is 0.248 e. The normalized spacial score (nSPS) is 18.9. The van der Waals surface area contributed by atoms with Gasteiger partial charge in [-0.05, 0) is 30.8 Å². The summed E-state index contributed by atoms with van der Waals surface area (Å²) in [5.41, 5.74) is 7.08. The van der Waals surface area contributed by atoms with E-state index in [1.165, 1.54) is 0 Å². The van der Waals surface area contributed by atoms with Crippen LogP contribution in [0.4, 0.5) is 0 Å². The molecule has 1 atom stereocenters. The first-order chi connectivity index (χ1) is 8.91. The Kier molecular flexibility index (Phi) is 3.99. The molecule has 2 rings (SSSR count). The Morgan fingerprint density at radius 2 is 2.11 bits per heavy atom. The van der Waals surface area contributed by atoms with Gasteiger partial charge in [0.25, 0.3) is 0 Å². The average Bonchev–Trinajstić information content (AvgIpc) is 2.31. The van der Waals surface area contributed by atoms with E-state index in [2.05, 4.69) is 10.6 Å². The molecule has 0 aliphatic carbocycles. The molecular weight excluding hydrogens is 305 g/mol. The molecule has 4 nitrogen and oxygen atoms in total. The third-order valence-electron chi connectivity index (χ3n) is 2.83. The third-order valence-corrected chi connectivity index (χ3v) is 3.88. The topological polar surface area (TPSA) is 67.2 Å². The predicted molar refractivity (Wildman–Crippen MR) is 80.0 cm³/mol. The van der Waals surface area contributed by atoms with Gasteiger partial charge in [-0.25, -0.2) is 0 Å². The summed E-state index contributed by atoms with van der Waals surface area (Å²) in [6, 6.07) is 4.70. The van der Waals surface area contributed by atoms with Crippen molar-refractivity contribution in [3.8, 4) is 0 Å². The predicted octanol–water partition coefficient (Wildman–Crippen LogP) is 2.27. The summed E-state index contributed by atoms with van der Waals surface area (Å²) in [5, 5.41) is 7.04. The van der Waals surface area contributed by atoms with Gasteiger partial charge in [-0.3, -0.25) is 4.79 Å². The van der Waals surface area contributed by atoms with Crippen molar-refractivity contribution < 1.29 is 4.79 Å². The second-order valence-corrected chi connectivity index (χ2v) is 5.27. The van der Waals surface area contributed by atoms with Crippen LogP contribution in [-0.2, 0) is 4.79 Å². The Labute approximate surface area is 125 Å². The molecule has 1 aliphatic heterocycles.